The second kappa shape index (κ2) is 13.9. The van der Waals surface area contributed by atoms with Gasteiger partial charge in [0.2, 0.25) is 0 Å². The molecule has 0 aliphatic carbocycles. The molecule has 0 aliphatic rings. The molecule has 0 fully saturated rings. The van der Waals surface area contributed by atoms with E-state index in [-0.39, 0.29) is 0 Å². The van der Waals surface area contributed by atoms with E-state index in [2.05, 4.69) is 229 Å². The van der Waals surface area contributed by atoms with Crippen molar-refractivity contribution in [1.82, 2.24) is 0 Å². The third kappa shape index (κ3) is 5.57. The van der Waals surface area contributed by atoms with Gasteiger partial charge in [0.05, 0.1) is 0 Å². The average Bonchev–Trinajstić information content (AvgIpc) is 3.69. The summed E-state index contributed by atoms with van der Waals surface area (Å²) in [6, 6.07) is 81.1. The third-order valence-electron chi connectivity index (χ3n) is 12.2. The fraction of sp³-hybridized carbons (Fsp3) is 0. The summed E-state index contributed by atoms with van der Waals surface area (Å²) >= 11 is 0. The lowest BCUT2D eigenvalue weighted by atomic mass is 9.93. The summed E-state index contributed by atoms with van der Waals surface area (Å²) in [6.07, 6.45) is 0. The molecule has 0 radical (unpaired) electrons. The van der Waals surface area contributed by atoms with Gasteiger partial charge in [-0.3, -0.25) is 0 Å². The third-order valence-corrected chi connectivity index (χ3v) is 12.2. The quantitative estimate of drug-likeness (QED) is 0.157. The fourth-order valence-corrected chi connectivity index (χ4v) is 9.36. The maximum absolute atomic E-state index is 6.90. The van der Waals surface area contributed by atoms with Crippen LogP contribution in [0, 0.1) is 0 Å². The van der Waals surface area contributed by atoms with E-state index < -0.39 is 0 Å². The Bertz CT molecular complexity index is 3530. The van der Waals surface area contributed by atoms with E-state index in [1.165, 1.54) is 65.3 Å². The molecular formula is C58H37NO. The number of fused-ring (bicyclic) bond motifs is 10. The lowest BCUT2D eigenvalue weighted by Gasteiger charge is -2.26. The molecule has 12 rings (SSSR count). The maximum Gasteiger partial charge on any atom is 0.143 e. The van der Waals surface area contributed by atoms with E-state index in [9.17, 15) is 0 Å². The molecule has 280 valence electrons. The lowest BCUT2D eigenvalue weighted by molar-refractivity contribution is 0.670. The molecule has 0 saturated heterocycles. The number of rotatable bonds is 6. The van der Waals surface area contributed by atoms with Gasteiger partial charge in [-0.15, -0.1) is 0 Å². The number of benzene rings is 11. The Labute approximate surface area is 347 Å². The summed E-state index contributed by atoms with van der Waals surface area (Å²) in [6.45, 7) is 0. The predicted molar refractivity (Wildman–Crippen MR) is 255 cm³/mol. The van der Waals surface area contributed by atoms with Crippen LogP contribution in [0.1, 0.15) is 0 Å². The zero-order chi connectivity index (χ0) is 39.6. The van der Waals surface area contributed by atoms with Crippen LogP contribution in [0.4, 0.5) is 17.1 Å². The van der Waals surface area contributed by atoms with Crippen molar-refractivity contribution >= 4 is 82.1 Å². The van der Waals surface area contributed by atoms with Crippen LogP contribution >= 0.6 is 0 Å². The van der Waals surface area contributed by atoms with E-state index >= 15 is 0 Å². The van der Waals surface area contributed by atoms with Gasteiger partial charge in [0.25, 0.3) is 0 Å². The molecule has 0 spiro atoms. The van der Waals surface area contributed by atoms with Crippen LogP contribution in [-0.2, 0) is 0 Å². The molecule has 0 N–H and O–H groups in total. The first-order chi connectivity index (χ1) is 29.7. The van der Waals surface area contributed by atoms with Crippen molar-refractivity contribution in [1.29, 1.82) is 0 Å². The van der Waals surface area contributed by atoms with Gasteiger partial charge in [0.15, 0.2) is 0 Å². The second-order valence-corrected chi connectivity index (χ2v) is 15.6. The molecule has 0 unspecified atom stereocenters. The summed E-state index contributed by atoms with van der Waals surface area (Å²) in [7, 11) is 0. The SMILES string of the molecule is c1ccc(-c2ccc(-c3c4ccccc4cc4c3oc3ccc(N(c5ccc(-c6ccccc6)cc5)c5ccc6c7ccccc7c7ccccc7c6c5)cc34)cc2)cc1. The zero-order valence-corrected chi connectivity index (χ0v) is 32.7. The van der Waals surface area contributed by atoms with Crippen molar-refractivity contribution in [2.75, 3.05) is 4.90 Å². The number of anilines is 3. The molecule has 0 saturated carbocycles. The van der Waals surface area contributed by atoms with Gasteiger partial charge in [-0.05, 0) is 119 Å². The van der Waals surface area contributed by atoms with Gasteiger partial charge in [0, 0.05) is 33.4 Å². The minimum atomic E-state index is 0.863. The first-order valence-electron chi connectivity index (χ1n) is 20.6. The van der Waals surface area contributed by atoms with Gasteiger partial charge < -0.3 is 9.32 Å². The molecule has 0 amide bonds. The molecule has 2 nitrogen and oxygen atoms in total. The Morgan fingerprint density at radius 1 is 0.267 bits per heavy atom. The standard InChI is InChI=1S/C58H37NO/c1-3-13-38(14-4-1)40-23-25-42(26-24-40)57-47-18-8-7-17-43(47)35-55-54-37-46(32-34-56(54)60-58(55)57)59(44-29-27-41(28-30-44)39-15-5-2-6-16-39)45-31-33-52-50-21-10-9-19-48(50)49-20-11-12-22-51(49)53(52)36-45/h1-37H. The van der Waals surface area contributed by atoms with Crippen molar-refractivity contribution in [3.63, 3.8) is 0 Å². The molecule has 1 heterocycles. The first-order valence-corrected chi connectivity index (χ1v) is 20.6. The van der Waals surface area contributed by atoms with E-state index in [1.54, 1.807) is 0 Å². The molecule has 0 atom stereocenters. The van der Waals surface area contributed by atoms with Gasteiger partial charge in [-0.2, -0.15) is 0 Å². The predicted octanol–water partition coefficient (Wildman–Crippen LogP) is 16.7. The van der Waals surface area contributed by atoms with Crippen molar-refractivity contribution in [3.8, 4) is 33.4 Å². The van der Waals surface area contributed by atoms with Crippen LogP contribution < -0.4 is 4.90 Å². The highest BCUT2D eigenvalue weighted by Crippen LogP contribution is 2.45. The smallest absolute Gasteiger partial charge is 0.143 e. The molecule has 1 aromatic heterocycles. The first kappa shape index (κ1) is 34.1. The number of hydrogen-bond donors (Lipinski definition) is 0. The van der Waals surface area contributed by atoms with Crippen LogP contribution in [0.3, 0.4) is 0 Å². The van der Waals surface area contributed by atoms with Gasteiger partial charge in [0.1, 0.15) is 11.2 Å². The van der Waals surface area contributed by atoms with Crippen LogP contribution in [-0.4, -0.2) is 0 Å². The van der Waals surface area contributed by atoms with Gasteiger partial charge in [-0.25, -0.2) is 0 Å². The largest absolute Gasteiger partial charge is 0.455 e. The summed E-state index contributed by atoms with van der Waals surface area (Å²) in [4.78, 5) is 2.39. The van der Waals surface area contributed by atoms with E-state index in [4.69, 9.17) is 4.42 Å². The Morgan fingerprint density at radius 3 is 1.32 bits per heavy atom. The number of furan rings is 1. The van der Waals surface area contributed by atoms with E-state index in [1.807, 2.05) is 0 Å². The normalized spacial score (nSPS) is 11.7. The van der Waals surface area contributed by atoms with Crippen molar-refractivity contribution in [2.24, 2.45) is 0 Å². The Kier molecular flexibility index (Phi) is 7.89. The number of hydrogen-bond acceptors (Lipinski definition) is 2. The van der Waals surface area contributed by atoms with E-state index in [0.29, 0.717) is 0 Å². The van der Waals surface area contributed by atoms with Crippen LogP contribution in [0.15, 0.2) is 229 Å². The molecule has 12 aromatic rings. The molecule has 0 aliphatic heterocycles. The van der Waals surface area contributed by atoms with Gasteiger partial charge >= 0.3 is 0 Å². The molecular weight excluding hydrogens is 727 g/mol. The lowest BCUT2D eigenvalue weighted by Crippen LogP contribution is -2.10. The van der Waals surface area contributed by atoms with Crippen LogP contribution in [0.2, 0.25) is 0 Å². The minimum absolute atomic E-state index is 0.863. The highest BCUT2D eigenvalue weighted by Gasteiger charge is 2.21. The highest BCUT2D eigenvalue weighted by atomic mass is 16.3. The minimum Gasteiger partial charge on any atom is -0.455 e. The zero-order valence-electron chi connectivity index (χ0n) is 32.7. The topological polar surface area (TPSA) is 16.4 Å². The van der Waals surface area contributed by atoms with Crippen molar-refractivity contribution in [2.45, 2.75) is 0 Å². The van der Waals surface area contributed by atoms with Crippen LogP contribution in [0.5, 0.6) is 0 Å². The molecule has 2 heteroatoms. The summed E-state index contributed by atoms with van der Waals surface area (Å²) in [5.74, 6) is 0. The summed E-state index contributed by atoms with van der Waals surface area (Å²) in [5.41, 5.74) is 12.0. The average molecular weight is 764 g/mol. The monoisotopic (exact) mass is 763 g/mol. The Hall–Kier alpha value is -7.94. The number of nitrogens with zero attached hydrogens (tertiary/aromatic N) is 1. The fourth-order valence-electron chi connectivity index (χ4n) is 9.36. The van der Waals surface area contributed by atoms with E-state index in [0.717, 1.165) is 50.1 Å². The summed E-state index contributed by atoms with van der Waals surface area (Å²) in [5, 5.41) is 12.1. The molecule has 0 bridgehead atoms. The second-order valence-electron chi connectivity index (χ2n) is 15.6. The highest BCUT2D eigenvalue weighted by molar-refractivity contribution is 6.26. The molecule has 11 aromatic carbocycles. The molecule has 60 heavy (non-hydrogen) atoms. The van der Waals surface area contributed by atoms with Crippen molar-refractivity contribution in [3.05, 3.63) is 224 Å². The van der Waals surface area contributed by atoms with Crippen LogP contribution in [0.25, 0.3) is 98.4 Å². The Balaban J connectivity index is 1.07. The van der Waals surface area contributed by atoms with Gasteiger partial charge in [-0.1, -0.05) is 176 Å². The summed E-state index contributed by atoms with van der Waals surface area (Å²) < 4.78 is 6.90. The maximum atomic E-state index is 6.90. The van der Waals surface area contributed by atoms with Crippen molar-refractivity contribution < 1.29 is 4.42 Å². The Morgan fingerprint density at radius 2 is 0.700 bits per heavy atom.